The minimum Gasteiger partial charge on any atom is -0.406 e. The maximum atomic E-state index is 5.64. The fourth-order valence-electron chi connectivity index (χ4n) is 0.918. The zero-order valence-corrected chi connectivity index (χ0v) is 5.70. The van der Waals surface area contributed by atoms with Crippen LogP contribution in [-0.2, 0) is 0 Å². The van der Waals surface area contributed by atoms with Crippen molar-refractivity contribution in [3.05, 3.63) is 0 Å². The van der Waals surface area contributed by atoms with Crippen LogP contribution in [-0.4, -0.2) is 13.7 Å². The molecule has 7 heavy (non-hydrogen) atoms. The van der Waals surface area contributed by atoms with Crippen LogP contribution >= 0.6 is 0 Å². The SMILES string of the molecule is C[Si]1=C(N)CCC1. The van der Waals surface area contributed by atoms with Gasteiger partial charge in [0, 0.05) is 8.41 Å². The van der Waals surface area contributed by atoms with Crippen LogP contribution in [0.5, 0.6) is 0 Å². The van der Waals surface area contributed by atoms with Gasteiger partial charge < -0.3 is 5.73 Å². The van der Waals surface area contributed by atoms with Gasteiger partial charge in [0.05, 0.1) is 0 Å². The summed E-state index contributed by atoms with van der Waals surface area (Å²) < 4.78 is 0. The summed E-state index contributed by atoms with van der Waals surface area (Å²) >= 11 is 0. The van der Waals surface area contributed by atoms with Crippen molar-refractivity contribution in [2.24, 2.45) is 5.73 Å². The summed E-state index contributed by atoms with van der Waals surface area (Å²) in [5, 5.41) is 1.31. The van der Waals surface area contributed by atoms with Gasteiger partial charge in [0.15, 0.2) is 0 Å². The Kier molecular flexibility index (Phi) is 1.28. The zero-order valence-electron chi connectivity index (χ0n) is 4.70. The highest BCUT2D eigenvalue weighted by Crippen LogP contribution is 2.05. The third-order valence-corrected chi connectivity index (χ3v) is 4.00. The highest BCUT2D eigenvalue weighted by atomic mass is 28.2. The van der Waals surface area contributed by atoms with Crippen molar-refractivity contribution in [3.63, 3.8) is 0 Å². The van der Waals surface area contributed by atoms with Gasteiger partial charge in [-0.05, 0) is 24.2 Å². The lowest BCUT2D eigenvalue weighted by molar-refractivity contribution is 1.01. The molecule has 1 nitrogen and oxygen atoms in total. The highest BCUT2D eigenvalue weighted by molar-refractivity contribution is 6.70. The average Bonchev–Trinajstić information content (AvgIpc) is 1.91. The molecule has 1 heterocycles. The zero-order chi connectivity index (χ0) is 5.28. The average molecular weight is 113 g/mol. The summed E-state index contributed by atoms with van der Waals surface area (Å²) in [5.41, 5.74) is 5.64. The van der Waals surface area contributed by atoms with E-state index in [2.05, 4.69) is 6.55 Å². The topological polar surface area (TPSA) is 26.0 Å². The van der Waals surface area contributed by atoms with Gasteiger partial charge >= 0.3 is 0 Å². The molecule has 0 aromatic carbocycles. The van der Waals surface area contributed by atoms with Crippen molar-refractivity contribution >= 4 is 13.7 Å². The smallest absolute Gasteiger partial charge is 0.0312 e. The molecule has 0 aromatic heterocycles. The summed E-state index contributed by atoms with van der Waals surface area (Å²) in [7, 11) is -0.140. The van der Waals surface area contributed by atoms with Crippen molar-refractivity contribution in [2.45, 2.75) is 25.4 Å². The van der Waals surface area contributed by atoms with Crippen LogP contribution in [0.25, 0.3) is 0 Å². The first-order chi connectivity index (χ1) is 3.30. The second kappa shape index (κ2) is 1.78. The van der Waals surface area contributed by atoms with E-state index in [1.54, 1.807) is 0 Å². The lowest BCUT2D eigenvalue weighted by Gasteiger charge is -1.87. The summed E-state index contributed by atoms with van der Waals surface area (Å²) in [6, 6.07) is 1.41. The monoisotopic (exact) mass is 113 g/mol. The Bertz CT molecular complexity index is 94.6. The van der Waals surface area contributed by atoms with Crippen LogP contribution in [0.2, 0.25) is 12.6 Å². The molecule has 1 rings (SSSR count). The van der Waals surface area contributed by atoms with E-state index in [9.17, 15) is 0 Å². The Morgan fingerprint density at radius 1 is 1.71 bits per heavy atom. The molecule has 0 aromatic rings. The van der Waals surface area contributed by atoms with E-state index in [0.717, 1.165) is 0 Å². The van der Waals surface area contributed by atoms with E-state index in [0.29, 0.717) is 0 Å². The van der Waals surface area contributed by atoms with Crippen LogP contribution < -0.4 is 5.73 Å². The molecule has 0 radical (unpaired) electrons. The van der Waals surface area contributed by atoms with Gasteiger partial charge in [-0.1, -0.05) is 6.55 Å². The van der Waals surface area contributed by atoms with Crippen LogP contribution in [0, 0.1) is 0 Å². The molecule has 2 N–H and O–H groups in total. The second-order valence-electron chi connectivity index (χ2n) is 2.16. The Hall–Kier alpha value is -0.113. The number of rotatable bonds is 0. The van der Waals surface area contributed by atoms with E-state index >= 15 is 0 Å². The van der Waals surface area contributed by atoms with Crippen LogP contribution in [0.4, 0.5) is 0 Å². The van der Waals surface area contributed by atoms with Gasteiger partial charge in [0.25, 0.3) is 0 Å². The van der Waals surface area contributed by atoms with Crippen molar-refractivity contribution in [3.8, 4) is 0 Å². The first-order valence-corrected chi connectivity index (χ1v) is 4.95. The molecule has 1 aliphatic heterocycles. The first kappa shape index (κ1) is 5.03. The number of hydrogen-bond acceptors (Lipinski definition) is 1. The fraction of sp³-hybridized carbons (Fsp3) is 0.800. The predicted molar refractivity (Wildman–Crippen MR) is 34.9 cm³/mol. The summed E-state index contributed by atoms with van der Waals surface area (Å²) in [5.74, 6) is 0. The molecule has 0 bridgehead atoms. The highest BCUT2D eigenvalue weighted by Gasteiger charge is 2.05. The number of nitrogens with two attached hydrogens (primary N) is 1. The molecule has 0 spiro atoms. The van der Waals surface area contributed by atoms with E-state index < -0.39 is 0 Å². The minimum absolute atomic E-state index is 0.140. The van der Waals surface area contributed by atoms with Crippen LogP contribution in [0.1, 0.15) is 12.8 Å². The quantitative estimate of drug-likeness (QED) is 0.457. The van der Waals surface area contributed by atoms with Gasteiger partial charge in [-0.3, -0.25) is 0 Å². The molecule has 0 saturated carbocycles. The second-order valence-corrected chi connectivity index (χ2v) is 4.86. The van der Waals surface area contributed by atoms with Gasteiger partial charge in [-0.25, -0.2) is 0 Å². The molecule has 1 aliphatic rings. The molecule has 0 amide bonds. The van der Waals surface area contributed by atoms with Crippen LogP contribution in [0.15, 0.2) is 0 Å². The molecule has 0 fully saturated rings. The Morgan fingerprint density at radius 2 is 2.43 bits per heavy atom. The van der Waals surface area contributed by atoms with Gasteiger partial charge in [0.1, 0.15) is 0 Å². The lowest BCUT2D eigenvalue weighted by Crippen LogP contribution is -2.15. The standard InChI is InChI=1S/C5H11NSi/c1-7-4-2-3-5(7)6/h2-4,6H2,1H3. The third-order valence-electron chi connectivity index (χ3n) is 1.55. The first-order valence-electron chi connectivity index (χ1n) is 2.75. The molecule has 0 saturated heterocycles. The van der Waals surface area contributed by atoms with Crippen molar-refractivity contribution < 1.29 is 0 Å². The van der Waals surface area contributed by atoms with E-state index in [4.69, 9.17) is 5.73 Å². The largest absolute Gasteiger partial charge is 0.406 e. The molecule has 0 unspecified atom stereocenters. The molecule has 2 heteroatoms. The van der Waals surface area contributed by atoms with Crippen molar-refractivity contribution in [1.29, 1.82) is 0 Å². The predicted octanol–water partition coefficient (Wildman–Crippen LogP) is 0.575. The summed E-state index contributed by atoms with van der Waals surface area (Å²) in [6.07, 6.45) is 2.57. The maximum Gasteiger partial charge on any atom is 0.0312 e. The molecule has 0 atom stereocenters. The Morgan fingerprint density at radius 3 is 2.57 bits per heavy atom. The molecular formula is C5H11NSi. The normalized spacial score (nSPS) is 21.3. The Labute approximate surface area is 45.8 Å². The summed E-state index contributed by atoms with van der Waals surface area (Å²) in [4.78, 5) is 0. The summed E-state index contributed by atoms with van der Waals surface area (Å²) in [6.45, 7) is 2.30. The number of hydrogen-bond donors (Lipinski definition) is 1. The third kappa shape index (κ3) is 0.910. The molecular weight excluding hydrogens is 102 g/mol. The minimum atomic E-state index is -0.140. The van der Waals surface area contributed by atoms with E-state index in [1.165, 1.54) is 24.2 Å². The van der Waals surface area contributed by atoms with Gasteiger partial charge in [0.2, 0.25) is 0 Å². The van der Waals surface area contributed by atoms with Crippen LogP contribution in [0.3, 0.4) is 0 Å². The maximum absolute atomic E-state index is 5.64. The fourth-order valence-corrected chi connectivity index (χ4v) is 2.55. The molecule has 40 valence electrons. The Balaban J connectivity index is 2.64. The van der Waals surface area contributed by atoms with Crippen molar-refractivity contribution in [2.75, 3.05) is 0 Å². The van der Waals surface area contributed by atoms with Gasteiger partial charge in [-0.2, -0.15) is 0 Å². The van der Waals surface area contributed by atoms with E-state index in [1.807, 2.05) is 0 Å². The van der Waals surface area contributed by atoms with E-state index in [-0.39, 0.29) is 8.41 Å². The van der Waals surface area contributed by atoms with Gasteiger partial charge in [-0.15, -0.1) is 0 Å². The van der Waals surface area contributed by atoms with Crippen molar-refractivity contribution in [1.82, 2.24) is 0 Å². The molecule has 0 aliphatic carbocycles. The lowest BCUT2D eigenvalue weighted by atomic mass is 10.3.